The van der Waals surface area contributed by atoms with Crippen molar-refractivity contribution in [2.45, 2.75) is 26.7 Å². The highest BCUT2D eigenvalue weighted by atomic mass is 16.5. The van der Waals surface area contributed by atoms with Crippen LogP contribution in [0.15, 0.2) is 54.6 Å². The maximum absolute atomic E-state index is 12.8. The zero-order chi connectivity index (χ0) is 21.8. The number of ether oxygens (including phenoxy) is 1. The van der Waals surface area contributed by atoms with E-state index in [2.05, 4.69) is 20.4 Å². The highest BCUT2D eigenvalue weighted by molar-refractivity contribution is 5.94. The summed E-state index contributed by atoms with van der Waals surface area (Å²) < 4.78 is 5.42. The zero-order valence-corrected chi connectivity index (χ0v) is 18.3. The highest BCUT2D eigenvalue weighted by Crippen LogP contribution is 2.29. The zero-order valence-electron chi connectivity index (χ0n) is 18.3. The van der Waals surface area contributed by atoms with E-state index in [1.807, 2.05) is 68.4 Å². The summed E-state index contributed by atoms with van der Waals surface area (Å²) in [6.45, 7) is 5.62. The summed E-state index contributed by atoms with van der Waals surface area (Å²) in [6.07, 6.45) is 1.60. The Bertz CT molecular complexity index is 1040. The lowest BCUT2D eigenvalue weighted by atomic mass is 9.95. The van der Waals surface area contributed by atoms with E-state index < -0.39 is 0 Å². The lowest BCUT2D eigenvalue weighted by Crippen LogP contribution is -2.38. The van der Waals surface area contributed by atoms with E-state index in [9.17, 15) is 4.79 Å². The van der Waals surface area contributed by atoms with E-state index in [0.717, 1.165) is 65.6 Å². The molecule has 6 heteroatoms. The normalized spacial score (nSPS) is 14.4. The second-order valence-electron chi connectivity index (χ2n) is 7.99. The fourth-order valence-corrected chi connectivity index (χ4v) is 4.10. The number of para-hydroxylation sites is 2. The quantitative estimate of drug-likeness (QED) is 0.657. The molecule has 1 aliphatic heterocycles. The number of rotatable bonds is 5. The van der Waals surface area contributed by atoms with Crippen molar-refractivity contribution in [2.75, 3.05) is 30.4 Å². The van der Waals surface area contributed by atoms with Gasteiger partial charge in [-0.25, -0.2) is 0 Å². The van der Waals surface area contributed by atoms with Crippen molar-refractivity contribution < 1.29 is 9.53 Å². The molecule has 0 bridgehead atoms. The molecule has 1 amide bonds. The predicted molar refractivity (Wildman–Crippen MR) is 124 cm³/mol. The number of piperidine rings is 1. The van der Waals surface area contributed by atoms with Crippen LogP contribution < -0.4 is 15.0 Å². The first-order valence-electron chi connectivity index (χ1n) is 10.7. The van der Waals surface area contributed by atoms with Crippen LogP contribution in [0, 0.1) is 19.8 Å². The molecule has 160 valence electrons. The lowest BCUT2D eigenvalue weighted by molar-refractivity contribution is -0.120. The van der Waals surface area contributed by atoms with Crippen molar-refractivity contribution in [3.8, 4) is 17.0 Å². The number of benzene rings is 2. The smallest absolute Gasteiger partial charge is 0.227 e. The van der Waals surface area contributed by atoms with Gasteiger partial charge < -0.3 is 15.0 Å². The average Bonchev–Trinajstić information content (AvgIpc) is 2.81. The molecule has 1 aromatic heterocycles. The minimum Gasteiger partial charge on any atom is -0.496 e. The molecule has 2 heterocycles. The first-order valence-corrected chi connectivity index (χ1v) is 10.7. The van der Waals surface area contributed by atoms with E-state index in [1.54, 1.807) is 7.11 Å². The summed E-state index contributed by atoms with van der Waals surface area (Å²) in [5, 5.41) is 12.0. The third-order valence-electron chi connectivity index (χ3n) is 5.95. The molecule has 2 aromatic carbocycles. The fraction of sp³-hybridized carbons (Fsp3) is 0.320. The Kier molecular flexibility index (Phi) is 6.16. The number of aryl methyl sites for hydroxylation is 2. The number of carbonyl (C=O) groups excluding carboxylic acids is 1. The summed E-state index contributed by atoms with van der Waals surface area (Å²) >= 11 is 0. The summed E-state index contributed by atoms with van der Waals surface area (Å²) in [7, 11) is 1.65. The molecule has 0 saturated carbocycles. The van der Waals surface area contributed by atoms with Crippen LogP contribution in [0.5, 0.6) is 5.75 Å². The largest absolute Gasteiger partial charge is 0.496 e. The van der Waals surface area contributed by atoms with E-state index in [4.69, 9.17) is 4.74 Å². The Morgan fingerprint density at radius 1 is 0.968 bits per heavy atom. The van der Waals surface area contributed by atoms with Gasteiger partial charge in [-0.1, -0.05) is 30.3 Å². The maximum Gasteiger partial charge on any atom is 0.227 e. The molecule has 6 nitrogen and oxygen atoms in total. The van der Waals surface area contributed by atoms with Crippen molar-refractivity contribution >= 4 is 17.4 Å². The molecule has 0 atom stereocenters. The third kappa shape index (κ3) is 4.53. The van der Waals surface area contributed by atoms with Crippen LogP contribution in [0.3, 0.4) is 0 Å². The molecule has 0 spiro atoms. The topological polar surface area (TPSA) is 67.3 Å². The lowest BCUT2D eigenvalue weighted by Gasteiger charge is -2.32. The van der Waals surface area contributed by atoms with Crippen LogP contribution in [0.25, 0.3) is 11.3 Å². The summed E-state index contributed by atoms with van der Waals surface area (Å²) in [5.74, 6) is 1.73. The Labute approximate surface area is 183 Å². The molecule has 1 N–H and O–H groups in total. The van der Waals surface area contributed by atoms with Crippen LogP contribution in [0.4, 0.5) is 11.5 Å². The predicted octanol–water partition coefficient (Wildman–Crippen LogP) is 4.62. The molecule has 3 aromatic rings. The molecule has 1 saturated heterocycles. The number of nitrogens with one attached hydrogen (secondary N) is 1. The molecular formula is C25H28N4O2. The molecule has 1 aliphatic rings. The van der Waals surface area contributed by atoms with Gasteiger partial charge in [0.1, 0.15) is 5.75 Å². The van der Waals surface area contributed by atoms with Gasteiger partial charge in [0, 0.05) is 30.3 Å². The van der Waals surface area contributed by atoms with Crippen molar-refractivity contribution in [1.29, 1.82) is 0 Å². The molecule has 31 heavy (non-hydrogen) atoms. The molecule has 1 fully saturated rings. The second kappa shape index (κ2) is 9.16. The van der Waals surface area contributed by atoms with Crippen LogP contribution in [-0.4, -0.2) is 36.3 Å². The fourth-order valence-electron chi connectivity index (χ4n) is 4.10. The summed E-state index contributed by atoms with van der Waals surface area (Å²) in [6, 6.07) is 17.8. The van der Waals surface area contributed by atoms with Gasteiger partial charge in [0.15, 0.2) is 5.82 Å². The molecule has 4 rings (SSSR count). The SMILES string of the molecule is COc1ccccc1-c1ccc(N2CCC(C(=O)Nc3c(C)cccc3C)CC2)nn1. The highest BCUT2D eigenvalue weighted by Gasteiger charge is 2.26. The van der Waals surface area contributed by atoms with Crippen LogP contribution >= 0.6 is 0 Å². The molecule has 0 unspecified atom stereocenters. The number of methoxy groups -OCH3 is 1. The third-order valence-corrected chi connectivity index (χ3v) is 5.95. The van der Waals surface area contributed by atoms with Crippen LogP contribution in [0.1, 0.15) is 24.0 Å². The number of anilines is 2. The Morgan fingerprint density at radius 3 is 2.32 bits per heavy atom. The standard InChI is InChI=1S/C25H28N4O2/c1-17-7-6-8-18(2)24(17)26-25(30)19-13-15-29(16-14-19)23-12-11-21(27-28-23)20-9-4-5-10-22(20)31-3/h4-12,19H,13-16H2,1-3H3,(H,26,30). The summed E-state index contributed by atoms with van der Waals surface area (Å²) in [5.41, 5.74) is 4.83. The van der Waals surface area contributed by atoms with Gasteiger partial charge >= 0.3 is 0 Å². The minimum atomic E-state index is 0.0102. The molecule has 0 radical (unpaired) electrons. The van der Waals surface area contributed by atoms with Crippen molar-refractivity contribution in [1.82, 2.24) is 10.2 Å². The Hall–Kier alpha value is -3.41. The number of nitrogens with zero attached hydrogens (tertiary/aromatic N) is 3. The van der Waals surface area contributed by atoms with Gasteiger partial charge in [-0.15, -0.1) is 10.2 Å². The second-order valence-corrected chi connectivity index (χ2v) is 7.99. The van der Waals surface area contributed by atoms with E-state index in [1.165, 1.54) is 0 Å². The maximum atomic E-state index is 12.8. The monoisotopic (exact) mass is 416 g/mol. The number of hydrogen-bond donors (Lipinski definition) is 1. The number of aromatic nitrogens is 2. The van der Waals surface area contributed by atoms with Gasteiger partial charge in [-0.2, -0.15) is 0 Å². The van der Waals surface area contributed by atoms with Crippen LogP contribution in [0.2, 0.25) is 0 Å². The van der Waals surface area contributed by atoms with E-state index in [-0.39, 0.29) is 11.8 Å². The van der Waals surface area contributed by atoms with Crippen LogP contribution in [-0.2, 0) is 4.79 Å². The number of hydrogen-bond acceptors (Lipinski definition) is 5. The van der Waals surface area contributed by atoms with Gasteiger partial charge in [0.05, 0.1) is 12.8 Å². The van der Waals surface area contributed by atoms with Crippen molar-refractivity contribution in [2.24, 2.45) is 5.92 Å². The van der Waals surface area contributed by atoms with Crippen molar-refractivity contribution in [3.63, 3.8) is 0 Å². The van der Waals surface area contributed by atoms with Gasteiger partial charge in [0.25, 0.3) is 0 Å². The Morgan fingerprint density at radius 2 is 1.68 bits per heavy atom. The van der Waals surface area contributed by atoms with Gasteiger partial charge in [-0.3, -0.25) is 4.79 Å². The minimum absolute atomic E-state index is 0.0102. The first-order chi connectivity index (χ1) is 15.1. The molecular weight excluding hydrogens is 388 g/mol. The van der Waals surface area contributed by atoms with E-state index in [0.29, 0.717) is 0 Å². The van der Waals surface area contributed by atoms with Gasteiger partial charge in [0.2, 0.25) is 5.91 Å². The van der Waals surface area contributed by atoms with E-state index >= 15 is 0 Å². The average molecular weight is 417 g/mol. The van der Waals surface area contributed by atoms with Gasteiger partial charge in [-0.05, 0) is 62.1 Å². The first kappa shape index (κ1) is 20.8. The molecule has 0 aliphatic carbocycles. The Balaban J connectivity index is 1.38. The van der Waals surface area contributed by atoms with Crippen molar-refractivity contribution in [3.05, 3.63) is 65.7 Å². The number of amides is 1. The number of carbonyl (C=O) groups is 1. The summed E-state index contributed by atoms with van der Waals surface area (Å²) in [4.78, 5) is 15.0.